The molecule has 2 fully saturated rings. The Kier molecular flexibility index (Phi) is 4.19. The van der Waals surface area contributed by atoms with Crippen molar-refractivity contribution in [3.8, 4) is 0 Å². The van der Waals surface area contributed by atoms with Crippen LogP contribution in [0.15, 0.2) is 24.3 Å². The molecule has 104 valence electrons. The molecule has 0 aliphatic heterocycles. The topological polar surface area (TPSA) is 38.0 Å². The fourth-order valence-electron chi connectivity index (χ4n) is 2.86. The van der Waals surface area contributed by atoms with E-state index in [2.05, 4.69) is 29.6 Å². The smallest absolute Gasteiger partial charge is 0.0444 e. The summed E-state index contributed by atoms with van der Waals surface area (Å²) >= 11 is 0. The van der Waals surface area contributed by atoms with Gasteiger partial charge in [-0.2, -0.15) is 0 Å². The molecule has 1 atom stereocenters. The van der Waals surface area contributed by atoms with E-state index in [4.69, 9.17) is 5.73 Å². The van der Waals surface area contributed by atoms with Crippen LogP contribution in [0.25, 0.3) is 0 Å². The molecule has 2 aliphatic carbocycles. The number of benzene rings is 1. The van der Waals surface area contributed by atoms with Crippen LogP contribution in [0.1, 0.15) is 61.6 Å². The van der Waals surface area contributed by atoms with E-state index >= 15 is 0 Å². The third-order valence-corrected chi connectivity index (χ3v) is 4.47. The van der Waals surface area contributed by atoms with Crippen molar-refractivity contribution in [3.63, 3.8) is 0 Å². The van der Waals surface area contributed by atoms with Gasteiger partial charge < -0.3 is 11.1 Å². The van der Waals surface area contributed by atoms with Gasteiger partial charge in [0.2, 0.25) is 0 Å². The van der Waals surface area contributed by atoms with Gasteiger partial charge in [0.25, 0.3) is 0 Å². The van der Waals surface area contributed by atoms with Gasteiger partial charge in [0.15, 0.2) is 0 Å². The molecule has 3 rings (SSSR count). The molecule has 0 heterocycles. The maximum atomic E-state index is 5.94. The summed E-state index contributed by atoms with van der Waals surface area (Å²) in [7, 11) is 0. The quantitative estimate of drug-likeness (QED) is 0.702. The Morgan fingerprint density at radius 3 is 2.74 bits per heavy atom. The van der Waals surface area contributed by atoms with Gasteiger partial charge >= 0.3 is 0 Å². The Labute approximate surface area is 116 Å². The SMILES string of the molecule is NCC(NCCCC1CC1)c1cccc(C2CC2)c1. The molecule has 1 unspecified atom stereocenters. The molecule has 1 aromatic rings. The largest absolute Gasteiger partial charge is 0.329 e. The normalized spacial score (nSPS) is 20.5. The summed E-state index contributed by atoms with van der Waals surface area (Å²) in [6, 6.07) is 9.37. The minimum absolute atomic E-state index is 0.331. The minimum atomic E-state index is 0.331. The summed E-state index contributed by atoms with van der Waals surface area (Å²) in [6.07, 6.45) is 8.35. The Balaban J connectivity index is 1.52. The van der Waals surface area contributed by atoms with Crippen molar-refractivity contribution in [1.82, 2.24) is 5.32 Å². The van der Waals surface area contributed by atoms with Gasteiger partial charge in [-0.3, -0.25) is 0 Å². The van der Waals surface area contributed by atoms with Crippen molar-refractivity contribution in [2.45, 2.75) is 50.5 Å². The van der Waals surface area contributed by atoms with E-state index in [0.717, 1.165) is 18.4 Å². The van der Waals surface area contributed by atoms with Gasteiger partial charge in [0.1, 0.15) is 0 Å². The predicted octanol–water partition coefficient (Wildman–Crippen LogP) is 3.34. The lowest BCUT2D eigenvalue weighted by Gasteiger charge is -2.18. The minimum Gasteiger partial charge on any atom is -0.329 e. The second-order valence-corrected chi connectivity index (χ2v) is 6.27. The molecule has 0 spiro atoms. The van der Waals surface area contributed by atoms with E-state index in [1.165, 1.54) is 49.7 Å². The molecule has 3 N–H and O–H groups in total. The second kappa shape index (κ2) is 6.06. The van der Waals surface area contributed by atoms with Crippen molar-refractivity contribution in [2.24, 2.45) is 11.7 Å². The van der Waals surface area contributed by atoms with E-state index in [1.807, 2.05) is 0 Å². The van der Waals surface area contributed by atoms with Crippen molar-refractivity contribution in [2.75, 3.05) is 13.1 Å². The Morgan fingerprint density at radius 1 is 1.21 bits per heavy atom. The predicted molar refractivity (Wildman–Crippen MR) is 80.2 cm³/mol. The molecule has 0 saturated heterocycles. The molecule has 2 saturated carbocycles. The molecule has 0 amide bonds. The van der Waals surface area contributed by atoms with Gasteiger partial charge in [0.05, 0.1) is 0 Å². The van der Waals surface area contributed by atoms with Crippen LogP contribution in [0.2, 0.25) is 0 Å². The molecule has 0 bridgehead atoms. The highest BCUT2D eigenvalue weighted by Crippen LogP contribution is 2.40. The Morgan fingerprint density at radius 2 is 2.05 bits per heavy atom. The second-order valence-electron chi connectivity index (χ2n) is 6.27. The number of nitrogens with one attached hydrogen (secondary N) is 1. The van der Waals surface area contributed by atoms with Crippen molar-refractivity contribution in [1.29, 1.82) is 0 Å². The van der Waals surface area contributed by atoms with Crippen LogP contribution in [-0.2, 0) is 0 Å². The van der Waals surface area contributed by atoms with E-state index in [9.17, 15) is 0 Å². The zero-order valence-corrected chi connectivity index (χ0v) is 11.8. The lowest BCUT2D eigenvalue weighted by molar-refractivity contribution is 0.512. The molecular weight excluding hydrogens is 232 g/mol. The molecule has 0 radical (unpaired) electrons. The summed E-state index contributed by atoms with van der Waals surface area (Å²) in [4.78, 5) is 0. The van der Waals surface area contributed by atoms with Crippen molar-refractivity contribution >= 4 is 0 Å². The molecular formula is C17H26N2. The Bertz CT molecular complexity index is 407. The summed E-state index contributed by atoms with van der Waals surface area (Å²) in [5, 5.41) is 3.63. The van der Waals surface area contributed by atoms with E-state index in [1.54, 1.807) is 0 Å². The molecule has 2 heteroatoms. The van der Waals surface area contributed by atoms with Gasteiger partial charge in [-0.1, -0.05) is 37.1 Å². The van der Waals surface area contributed by atoms with Gasteiger partial charge in [0, 0.05) is 12.6 Å². The molecule has 1 aromatic carbocycles. The van der Waals surface area contributed by atoms with Crippen LogP contribution in [0.5, 0.6) is 0 Å². The Hall–Kier alpha value is -0.860. The molecule has 2 aliphatic rings. The zero-order chi connectivity index (χ0) is 13.1. The first kappa shape index (κ1) is 13.1. The standard InChI is InChI=1S/C17H26N2/c18-12-17(19-10-2-3-13-6-7-13)16-5-1-4-15(11-16)14-8-9-14/h1,4-5,11,13-14,17,19H,2-3,6-10,12,18H2. The molecule has 2 nitrogen and oxygen atoms in total. The first-order chi connectivity index (χ1) is 9.36. The molecule has 0 aromatic heterocycles. The number of hydrogen-bond acceptors (Lipinski definition) is 2. The lowest BCUT2D eigenvalue weighted by atomic mass is 10.0. The van der Waals surface area contributed by atoms with Crippen LogP contribution in [0.4, 0.5) is 0 Å². The number of rotatable bonds is 8. The van der Waals surface area contributed by atoms with Crippen molar-refractivity contribution < 1.29 is 0 Å². The maximum Gasteiger partial charge on any atom is 0.0444 e. The van der Waals surface area contributed by atoms with Gasteiger partial charge in [-0.15, -0.1) is 0 Å². The fraction of sp³-hybridized carbons (Fsp3) is 0.647. The first-order valence-corrected chi connectivity index (χ1v) is 7.90. The third-order valence-electron chi connectivity index (χ3n) is 4.47. The third kappa shape index (κ3) is 3.80. The highest BCUT2D eigenvalue weighted by molar-refractivity contribution is 5.31. The summed E-state index contributed by atoms with van der Waals surface area (Å²) < 4.78 is 0. The van der Waals surface area contributed by atoms with Crippen LogP contribution in [0, 0.1) is 5.92 Å². The van der Waals surface area contributed by atoms with Crippen LogP contribution >= 0.6 is 0 Å². The van der Waals surface area contributed by atoms with Crippen molar-refractivity contribution in [3.05, 3.63) is 35.4 Å². The highest BCUT2D eigenvalue weighted by Gasteiger charge is 2.24. The van der Waals surface area contributed by atoms with Crippen LogP contribution < -0.4 is 11.1 Å². The van der Waals surface area contributed by atoms with Crippen LogP contribution in [-0.4, -0.2) is 13.1 Å². The fourth-order valence-corrected chi connectivity index (χ4v) is 2.86. The maximum absolute atomic E-state index is 5.94. The first-order valence-electron chi connectivity index (χ1n) is 7.90. The zero-order valence-electron chi connectivity index (χ0n) is 11.8. The van der Waals surface area contributed by atoms with Crippen LogP contribution in [0.3, 0.4) is 0 Å². The summed E-state index contributed by atoms with van der Waals surface area (Å²) in [5.41, 5.74) is 8.82. The lowest BCUT2D eigenvalue weighted by Crippen LogP contribution is -2.29. The average Bonchev–Trinajstić information content (AvgIpc) is 3.30. The molecule has 19 heavy (non-hydrogen) atoms. The number of nitrogens with two attached hydrogens (primary N) is 1. The van der Waals surface area contributed by atoms with E-state index in [-0.39, 0.29) is 0 Å². The number of hydrogen-bond donors (Lipinski definition) is 2. The van der Waals surface area contributed by atoms with E-state index < -0.39 is 0 Å². The van der Waals surface area contributed by atoms with Gasteiger partial charge in [-0.25, -0.2) is 0 Å². The van der Waals surface area contributed by atoms with Gasteiger partial charge in [-0.05, 0) is 55.2 Å². The monoisotopic (exact) mass is 258 g/mol. The highest BCUT2D eigenvalue weighted by atomic mass is 14.9. The summed E-state index contributed by atoms with van der Waals surface area (Å²) in [5.74, 6) is 1.87. The van der Waals surface area contributed by atoms with E-state index in [0.29, 0.717) is 12.6 Å². The average molecular weight is 258 g/mol. The summed E-state index contributed by atoms with van der Waals surface area (Å²) in [6.45, 7) is 1.80.